The lowest BCUT2D eigenvalue weighted by atomic mass is 9.65. The fourth-order valence-corrected chi connectivity index (χ4v) is 6.07. The predicted octanol–water partition coefficient (Wildman–Crippen LogP) is 5.52. The van der Waals surface area contributed by atoms with Crippen molar-refractivity contribution in [2.24, 2.45) is 21.1 Å². The SMILES string of the molecule is CC1(C)C[C@H]2C[C@@](C)(CN2Cn2c(O)c(N=NC(=O)c3ccccn3)c3ccccc32)C1. The number of azo groups is 1. The summed E-state index contributed by atoms with van der Waals surface area (Å²) in [5.74, 6) is -0.500. The molecule has 1 amide bonds. The van der Waals surface area contributed by atoms with Crippen molar-refractivity contribution in [1.82, 2.24) is 14.5 Å². The third kappa shape index (κ3) is 3.71. The molecular formula is C25H29N5O2. The van der Waals surface area contributed by atoms with Crippen LogP contribution in [0.25, 0.3) is 10.9 Å². The number of para-hydroxylation sites is 1. The second kappa shape index (κ2) is 7.52. The number of amides is 1. The summed E-state index contributed by atoms with van der Waals surface area (Å²) in [6, 6.07) is 13.3. The molecular weight excluding hydrogens is 402 g/mol. The monoisotopic (exact) mass is 431 g/mol. The Bertz CT molecular complexity index is 1200. The van der Waals surface area contributed by atoms with Crippen molar-refractivity contribution in [3.8, 4) is 5.88 Å². The Morgan fingerprint density at radius 1 is 1.16 bits per heavy atom. The average molecular weight is 432 g/mol. The molecule has 5 rings (SSSR count). The van der Waals surface area contributed by atoms with Crippen molar-refractivity contribution < 1.29 is 9.90 Å². The third-order valence-electron chi connectivity index (χ3n) is 6.89. The van der Waals surface area contributed by atoms with Crippen LogP contribution < -0.4 is 0 Å². The van der Waals surface area contributed by atoms with E-state index in [9.17, 15) is 9.90 Å². The Morgan fingerprint density at radius 2 is 1.94 bits per heavy atom. The van der Waals surface area contributed by atoms with Crippen molar-refractivity contribution in [2.75, 3.05) is 6.54 Å². The van der Waals surface area contributed by atoms with E-state index in [2.05, 4.69) is 40.9 Å². The van der Waals surface area contributed by atoms with Crippen LogP contribution in [0.1, 0.15) is 50.5 Å². The predicted molar refractivity (Wildman–Crippen MR) is 123 cm³/mol. The van der Waals surface area contributed by atoms with Crippen molar-refractivity contribution in [1.29, 1.82) is 0 Å². The maximum atomic E-state index is 12.4. The number of aromatic nitrogens is 2. The first-order chi connectivity index (χ1) is 15.2. The summed E-state index contributed by atoms with van der Waals surface area (Å²) in [4.78, 5) is 18.9. The number of carbonyl (C=O) groups is 1. The first kappa shape index (κ1) is 20.8. The summed E-state index contributed by atoms with van der Waals surface area (Å²) >= 11 is 0. The van der Waals surface area contributed by atoms with Crippen molar-refractivity contribution in [2.45, 2.75) is 52.7 Å². The van der Waals surface area contributed by atoms with Gasteiger partial charge in [-0.15, -0.1) is 10.2 Å². The Kier molecular flexibility index (Phi) is 4.89. The second-order valence-electron chi connectivity index (χ2n) is 10.4. The fourth-order valence-electron chi connectivity index (χ4n) is 6.07. The molecule has 166 valence electrons. The fraction of sp³-hybridized carbons (Fsp3) is 0.440. The highest BCUT2D eigenvalue weighted by Crippen LogP contribution is 2.53. The molecule has 1 aliphatic carbocycles. The summed E-state index contributed by atoms with van der Waals surface area (Å²) in [5.41, 5.74) is 2.06. The van der Waals surface area contributed by atoms with Crippen LogP contribution in [0.4, 0.5) is 5.69 Å². The Hall–Kier alpha value is -3.06. The van der Waals surface area contributed by atoms with Crippen LogP contribution in [-0.4, -0.2) is 38.1 Å². The van der Waals surface area contributed by atoms with Gasteiger partial charge in [0.2, 0.25) is 5.88 Å². The number of carbonyl (C=O) groups excluding carboxylic acids is 1. The highest BCUT2D eigenvalue weighted by atomic mass is 16.3. The number of fused-ring (bicyclic) bond motifs is 3. The molecule has 1 saturated carbocycles. The van der Waals surface area contributed by atoms with Crippen LogP contribution in [0, 0.1) is 10.8 Å². The summed E-state index contributed by atoms with van der Waals surface area (Å²) in [5, 5.41) is 19.9. The lowest BCUT2D eigenvalue weighted by molar-refractivity contribution is 0.0990. The first-order valence-corrected chi connectivity index (χ1v) is 11.2. The number of rotatable bonds is 4. The quantitative estimate of drug-likeness (QED) is 0.551. The van der Waals surface area contributed by atoms with Crippen LogP contribution >= 0.6 is 0 Å². The molecule has 1 aromatic carbocycles. The van der Waals surface area contributed by atoms with Gasteiger partial charge in [-0.1, -0.05) is 45.0 Å². The van der Waals surface area contributed by atoms with Gasteiger partial charge in [-0.25, -0.2) is 0 Å². The highest BCUT2D eigenvalue weighted by molar-refractivity contribution is 5.96. The van der Waals surface area contributed by atoms with Gasteiger partial charge in [0.25, 0.3) is 0 Å². The van der Waals surface area contributed by atoms with E-state index in [-0.39, 0.29) is 11.6 Å². The average Bonchev–Trinajstić information content (AvgIpc) is 3.15. The van der Waals surface area contributed by atoms with Gasteiger partial charge in [-0.3, -0.25) is 19.2 Å². The van der Waals surface area contributed by atoms with Crippen molar-refractivity contribution in [3.63, 3.8) is 0 Å². The van der Waals surface area contributed by atoms with Crippen molar-refractivity contribution >= 4 is 22.5 Å². The summed E-state index contributed by atoms with van der Waals surface area (Å²) in [6.07, 6.45) is 5.12. The topological polar surface area (TPSA) is 83.1 Å². The molecule has 2 aromatic heterocycles. The maximum Gasteiger partial charge on any atom is 0.313 e. The van der Waals surface area contributed by atoms with Crippen LogP contribution in [0.15, 0.2) is 58.9 Å². The van der Waals surface area contributed by atoms with Crippen molar-refractivity contribution in [3.05, 3.63) is 54.4 Å². The van der Waals surface area contributed by atoms with Crippen LogP contribution in [-0.2, 0) is 6.67 Å². The van der Waals surface area contributed by atoms with E-state index in [0.717, 1.165) is 23.9 Å². The van der Waals surface area contributed by atoms with E-state index >= 15 is 0 Å². The summed E-state index contributed by atoms with van der Waals surface area (Å²) in [6.45, 7) is 8.72. The number of pyridine rings is 1. The molecule has 0 unspecified atom stereocenters. The zero-order valence-electron chi connectivity index (χ0n) is 18.8. The van der Waals surface area contributed by atoms with Gasteiger partial charge >= 0.3 is 5.91 Å². The molecule has 1 saturated heterocycles. The zero-order chi connectivity index (χ0) is 22.5. The maximum absolute atomic E-state index is 12.4. The molecule has 7 heteroatoms. The number of hydrogen-bond donors (Lipinski definition) is 1. The van der Waals surface area contributed by atoms with E-state index in [1.54, 1.807) is 24.4 Å². The van der Waals surface area contributed by atoms with Gasteiger partial charge in [0, 0.05) is 24.2 Å². The van der Waals surface area contributed by atoms with Gasteiger partial charge in [-0.2, -0.15) is 0 Å². The molecule has 3 heterocycles. The smallest absolute Gasteiger partial charge is 0.313 e. The molecule has 7 nitrogen and oxygen atoms in total. The number of nitrogens with zero attached hydrogens (tertiary/aromatic N) is 5. The standard InChI is InChI=1S/C25H29N5O2/c1-24(2)12-17-13-25(3,14-24)15-29(17)16-30-20-10-5-4-8-18(20)21(23(30)32)27-28-22(31)19-9-6-7-11-26-19/h4-11,17,32H,12-16H2,1-3H3/t17-,25+/m0/s1. The lowest BCUT2D eigenvalue weighted by Crippen LogP contribution is -2.35. The summed E-state index contributed by atoms with van der Waals surface area (Å²) in [7, 11) is 0. The van der Waals surface area contributed by atoms with E-state index in [4.69, 9.17) is 0 Å². The molecule has 2 fully saturated rings. The molecule has 1 N–H and O–H groups in total. The lowest BCUT2D eigenvalue weighted by Gasteiger charge is -2.40. The Morgan fingerprint density at radius 3 is 2.72 bits per heavy atom. The molecule has 1 aliphatic heterocycles. The van der Waals surface area contributed by atoms with E-state index < -0.39 is 5.91 Å². The van der Waals surface area contributed by atoms with Gasteiger partial charge in [0.15, 0.2) is 5.69 Å². The summed E-state index contributed by atoms with van der Waals surface area (Å²) < 4.78 is 1.89. The van der Waals surface area contributed by atoms with Crippen LogP contribution in [0.3, 0.4) is 0 Å². The number of benzene rings is 1. The van der Waals surface area contributed by atoms with Gasteiger partial charge in [0.05, 0.1) is 12.2 Å². The number of likely N-dealkylation sites (tertiary alicyclic amines) is 1. The Balaban J connectivity index is 1.47. The van der Waals surface area contributed by atoms with E-state index in [1.165, 1.54) is 12.8 Å². The first-order valence-electron chi connectivity index (χ1n) is 11.2. The molecule has 2 bridgehead atoms. The normalized spacial score (nSPS) is 25.0. The van der Waals surface area contributed by atoms with Crippen LogP contribution in [0.5, 0.6) is 5.88 Å². The van der Waals surface area contributed by atoms with Crippen LogP contribution in [0.2, 0.25) is 0 Å². The molecule has 2 atom stereocenters. The molecule has 0 spiro atoms. The molecule has 0 radical (unpaired) electrons. The largest absolute Gasteiger partial charge is 0.493 e. The Labute approximate surface area is 187 Å². The van der Waals surface area contributed by atoms with E-state index in [1.807, 2.05) is 28.8 Å². The third-order valence-corrected chi connectivity index (χ3v) is 6.89. The second-order valence-corrected chi connectivity index (χ2v) is 10.4. The molecule has 2 aliphatic rings. The molecule has 3 aromatic rings. The highest BCUT2D eigenvalue weighted by Gasteiger charge is 2.49. The zero-order valence-corrected chi connectivity index (χ0v) is 18.8. The van der Waals surface area contributed by atoms with Gasteiger partial charge in [0.1, 0.15) is 5.69 Å². The minimum Gasteiger partial charge on any atom is -0.493 e. The molecule has 32 heavy (non-hydrogen) atoms. The number of aromatic hydroxyl groups is 1. The minimum atomic E-state index is -0.537. The van der Waals surface area contributed by atoms with Gasteiger partial charge < -0.3 is 5.11 Å². The number of hydrogen-bond acceptors (Lipinski definition) is 5. The van der Waals surface area contributed by atoms with Gasteiger partial charge in [-0.05, 0) is 48.3 Å². The van der Waals surface area contributed by atoms with E-state index in [0.29, 0.717) is 29.2 Å². The minimum absolute atomic E-state index is 0.0367.